The lowest BCUT2D eigenvalue weighted by Crippen LogP contribution is -2.02. The van der Waals surface area contributed by atoms with E-state index in [9.17, 15) is 0 Å². The van der Waals surface area contributed by atoms with E-state index in [-0.39, 0.29) is 0 Å². The average Bonchev–Trinajstić information content (AvgIpc) is 2.75. The molecule has 0 aromatic carbocycles. The first-order chi connectivity index (χ1) is 5.40. The summed E-state index contributed by atoms with van der Waals surface area (Å²) >= 11 is 0. The highest BCUT2D eigenvalue weighted by molar-refractivity contribution is 5.10. The minimum Gasteiger partial charge on any atom is -0.449 e. The zero-order valence-electron chi connectivity index (χ0n) is 6.42. The number of hydrogen-bond acceptors (Lipinski definition) is 3. The molecular formula is C8H12N2O. The molecule has 0 atom stereocenters. The van der Waals surface area contributed by atoms with Gasteiger partial charge in [0.25, 0.3) is 0 Å². The molecule has 3 nitrogen and oxygen atoms in total. The van der Waals surface area contributed by atoms with Gasteiger partial charge in [0.15, 0.2) is 5.89 Å². The molecule has 1 saturated carbocycles. The number of aromatic nitrogens is 1. The molecular weight excluding hydrogens is 140 g/mol. The maximum absolute atomic E-state index is 5.36. The van der Waals surface area contributed by atoms with Crippen LogP contribution in [0.5, 0.6) is 0 Å². The molecule has 0 bridgehead atoms. The Morgan fingerprint density at radius 2 is 2.45 bits per heavy atom. The summed E-state index contributed by atoms with van der Waals surface area (Å²) in [6, 6.07) is 0. The van der Waals surface area contributed by atoms with Gasteiger partial charge in [0.2, 0.25) is 0 Å². The SMILES string of the molecule is NCCc1nc(C2CC2)co1. The van der Waals surface area contributed by atoms with E-state index in [1.165, 1.54) is 12.8 Å². The van der Waals surface area contributed by atoms with Gasteiger partial charge in [-0.3, -0.25) is 0 Å². The summed E-state index contributed by atoms with van der Waals surface area (Å²) in [6.45, 7) is 0.616. The van der Waals surface area contributed by atoms with Gasteiger partial charge in [-0.1, -0.05) is 0 Å². The Kier molecular flexibility index (Phi) is 1.66. The second-order valence-electron chi connectivity index (χ2n) is 2.98. The Morgan fingerprint density at radius 1 is 1.64 bits per heavy atom. The van der Waals surface area contributed by atoms with Gasteiger partial charge in [0.1, 0.15) is 6.26 Å². The molecule has 2 N–H and O–H groups in total. The van der Waals surface area contributed by atoms with E-state index in [4.69, 9.17) is 10.2 Å². The molecule has 11 heavy (non-hydrogen) atoms. The Morgan fingerprint density at radius 3 is 3.09 bits per heavy atom. The van der Waals surface area contributed by atoms with Crippen molar-refractivity contribution in [3.05, 3.63) is 17.8 Å². The number of hydrogen-bond donors (Lipinski definition) is 1. The molecule has 2 rings (SSSR count). The van der Waals surface area contributed by atoms with Gasteiger partial charge in [-0.2, -0.15) is 0 Å². The van der Waals surface area contributed by atoms with E-state index in [1.807, 2.05) is 0 Å². The molecule has 0 saturated heterocycles. The van der Waals surface area contributed by atoms with Crippen LogP contribution in [0.1, 0.15) is 30.3 Å². The first kappa shape index (κ1) is 6.85. The van der Waals surface area contributed by atoms with Crippen LogP contribution in [-0.4, -0.2) is 11.5 Å². The monoisotopic (exact) mass is 152 g/mol. The minimum absolute atomic E-state index is 0.616. The summed E-state index contributed by atoms with van der Waals surface area (Å²) in [7, 11) is 0. The van der Waals surface area contributed by atoms with Crippen LogP contribution in [0.25, 0.3) is 0 Å². The first-order valence-corrected chi connectivity index (χ1v) is 4.04. The van der Waals surface area contributed by atoms with Crippen molar-refractivity contribution in [1.82, 2.24) is 4.98 Å². The lowest BCUT2D eigenvalue weighted by Gasteiger charge is -1.86. The van der Waals surface area contributed by atoms with Gasteiger partial charge in [-0.15, -0.1) is 0 Å². The van der Waals surface area contributed by atoms with E-state index < -0.39 is 0 Å². The molecule has 1 aromatic rings. The van der Waals surface area contributed by atoms with Crippen molar-refractivity contribution in [2.45, 2.75) is 25.2 Å². The molecule has 0 amide bonds. The number of nitrogens with two attached hydrogens (primary N) is 1. The molecule has 0 aliphatic heterocycles. The highest BCUT2D eigenvalue weighted by atomic mass is 16.3. The van der Waals surface area contributed by atoms with Crippen molar-refractivity contribution in [1.29, 1.82) is 0 Å². The lowest BCUT2D eigenvalue weighted by molar-refractivity contribution is 0.496. The molecule has 0 unspecified atom stereocenters. The summed E-state index contributed by atoms with van der Waals surface area (Å²) in [6.07, 6.45) is 5.07. The molecule has 1 fully saturated rings. The number of rotatable bonds is 3. The highest BCUT2D eigenvalue weighted by Gasteiger charge is 2.26. The summed E-state index contributed by atoms with van der Waals surface area (Å²) in [5, 5.41) is 0. The van der Waals surface area contributed by atoms with Crippen molar-refractivity contribution in [2.75, 3.05) is 6.54 Å². The van der Waals surface area contributed by atoms with Crippen LogP contribution in [0.3, 0.4) is 0 Å². The Hall–Kier alpha value is -0.830. The van der Waals surface area contributed by atoms with E-state index in [0.29, 0.717) is 12.5 Å². The fourth-order valence-electron chi connectivity index (χ4n) is 1.13. The molecule has 1 aliphatic carbocycles. The van der Waals surface area contributed by atoms with E-state index in [2.05, 4.69) is 4.98 Å². The Balaban J connectivity index is 2.06. The van der Waals surface area contributed by atoms with Crippen molar-refractivity contribution < 1.29 is 4.42 Å². The predicted octanol–water partition coefficient (Wildman–Crippen LogP) is 1.05. The predicted molar refractivity (Wildman–Crippen MR) is 41.2 cm³/mol. The molecule has 0 spiro atoms. The van der Waals surface area contributed by atoms with Gasteiger partial charge in [0, 0.05) is 18.9 Å². The number of nitrogens with zero attached hydrogens (tertiary/aromatic N) is 1. The Bertz CT molecular complexity index is 240. The molecule has 1 heterocycles. The van der Waals surface area contributed by atoms with Crippen LogP contribution in [0.2, 0.25) is 0 Å². The quantitative estimate of drug-likeness (QED) is 0.704. The standard InChI is InChI=1S/C8H12N2O/c9-4-3-8-10-7(5-11-8)6-1-2-6/h5-6H,1-4,9H2. The summed E-state index contributed by atoms with van der Waals surface area (Å²) in [4.78, 5) is 4.32. The lowest BCUT2D eigenvalue weighted by atomic mass is 10.3. The van der Waals surface area contributed by atoms with Gasteiger partial charge in [0.05, 0.1) is 5.69 Å². The largest absolute Gasteiger partial charge is 0.449 e. The van der Waals surface area contributed by atoms with Crippen LogP contribution in [0, 0.1) is 0 Å². The maximum atomic E-state index is 5.36. The first-order valence-electron chi connectivity index (χ1n) is 4.04. The zero-order valence-corrected chi connectivity index (χ0v) is 6.42. The van der Waals surface area contributed by atoms with Gasteiger partial charge in [-0.25, -0.2) is 4.98 Å². The van der Waals surface area contributed by atoms with Crippen molar-refractivity contribution in [3.8, 4) is 0 Å². The third kappa shape index (κ3) is 1.43. The number of oxazole rings is 1. The van der Waals surface area contributed by atoms with Crippen LogP contribution < -0.4 is 5.73 Å². The average molecular weight is 152 g/mol. The second-order valence-corrected chi connectivity index (χ2v) is 2.98. The third-order valence-corrected chi connectivity index (χ3v) is 1.92. The molecule has 1 aromatic heterocycles. The van der Waals surface area contributed by atoms with E-state index in [0.717, 1.165) is 18.0 Å². The summed E-state index contributed by atoms with van der Waals surface area (Å²) in [5.41, 5.74) is 6.48. The van der Waals surface area contributed by atoms with Crippen LogP contribution in [0.15, 0.2) is 10.7 Å². The van der Waals surface area contributed by atoms with Crippen molar-refractivity contribution in [3.63, 3.8) is 0 Å². The normalized spacial score (nSPS) is 17.2. The van der Waals surface area contributed by atoms with Crippen LogP contribution >= 0.6 is 0 Å². The topological polar surface area (TPSA) is 52.0 Å². The van der Waals surface area contributed by atoms with Gasteiger partial charge < -0.3 is 10.2 Å². The van der Waals surface area contributed by atoms with Crippen LogP contribution in [0.4, 0.5) is 0 Å². The van der Waals surface area contributed by atoms with Crippen molar-refractivity contribution in [2.24, 2.45) is 5.73 Å². The maximum Gasteiger partial charge on any atom is 0.195 e. The molecule has 0 radical (unpaired) electrons. The molecule has 1 aliphatic rings. The summed E-state index contributed by atoms with van der Waals surface area (Å²) < 4.78 is 5.22. The third-order valence-electron chi connectivity index (χ3n) is 1.92. The van der Waals surface area contributed by atoms with Gasteiger partial charge >= 0.3 is 0 Å². The highest BCUT2D eigenvalue weighted by Crippen LogP contribution is 2.39. The Labute approximate surface area is 65.6 Å². The van der Waals surface area contributed by atoms with Crippen LogP contribution in [-0.2, 0) is 6.42 Å². The smallest absolute Gasteiger partial charge is 0.195 e. The fourth-order valence-corrected chi connectivity index (χ4v) is 1.13. The summed E-state index contributed by atoms with van der Waals surface area (Å²) in [5.74, 6) is 1.47. The van der Waals surface area contributed by atoms with E-state index in [1.54, 1.807) is 6.26 Å². The zero-order chi connectivity index (χ0) is 7.68. The fraction of sp³-hybridized carbons (Fsp3) is 0.625. The minimum atomic E-state index is 0.616. The second kappa shape index (κ2) is 2.66. The molecule has 60 valence electrons. The molecule has 3 heteroatoms. The van der Waals surface area contributed by atoms with E-state index >= 15 is 0 Å². The van der Waals surface area contributed by atoms with Crippen molar-refractivity contribution >= 4 is 0 Å². The van der Waals surface area contributed by atoms with Gasteiger partial charge in [-0.05, 0) is 12.8 Å².